The third-order valence-corrected chi connectivity index (χ3v) is 5.68. The topological polar surface area (TPSA) is 27.1 Å². The highest BCUT2D eigenvalue weighted by Crippen LogP contribution is 2.21. The molecule has 4 aromatic rings. The number of imidazole rings is 1. The summed E-state index contributed by atoms with van der Waals surface area (Å²) in [7, 11) is 0. The van der Waals surface area contributed by atoms with E-state index < -0.39 is 0 Å². The lowest BCUT2D eigenvalue weighted by atomic mass is 10.0. The molecular formula is C27H30N2O. The number of benzene rings is 3. The Balaban J connectivity index is 1.45. The lowest BCUT2D eigenvalue weighted by Crippen LogP contribution is -2.09. The zero-order valence-electron chi connectivity index (χ0n) is 18.1. The van der Waals surface area contributed by atoms with Gasteiger partial charge in [0.1, 0.15) is 11.6 Å². The molecule has 0 saturated heterocycles. The molecule has 0 fully saturated rings. The van der Waals surface area contributed by atoms with Crippen molar-refractivity contribution < 1.29 is 4.74 Å². The fourth-order valence-electron chi connectivity index (χ4n) is 3.85. The molecule has 0 amide bonds. The fourth-order valence-corrected chi connectivity index (χ4v) is 3.85. The standard InChI is InChI=1S/C27H30N2O/c1-20(2)22-13-15-24(16-14-22)30-18-8-17-29-26-12-7-6-11-25(26)28-27(29)19-23-10-5-4-9-21(23)3/h4-7,9-16,20H,8,17-19H2,1-3H3. The van der Waals surface area contributed by atoms with Gasteiger partial charge in [0.25, 0.3) is 0 Å². The van der Waals surface area contributed by atoms with Crippen molar-refractivity contribution in [3.8, 4) is 5.75 Å². The number of rotatable bonds is 8. The molecule has 0 unspecified atom stereocenters. The molecule has 0 N–H and O–H groups in total. The Bertz CT molecular complexity index is 1110. The highest BCUT2D eigenvalue weighted by molar-refractivity contribution is 5.76. The normalized spacial score (nSPS) is 11.3. The first-order valence-electron chi connectivity index (χ1n) is 10.8. The van der Waals surface area contributed by atoms with E-state index in [-0.39, 0.29) is 0 Å². The maximum absolute atomic E-state index is 5.99. The van der Waals surface area contributed by atoms with Gasteiger partial charge in [-0.15, -0.1) is 0 Å². The first kappa shape index (κ1) is 20.2. The van der Waals surface area contributed by atoms with E-state index in [2.05, 4.69) is 98.1 Å². The molecule has 3 nitrogen and oxygen atoms in total. The average molecular weight is 399 g/mol. The Kier molecular flexibility index (Phi) is 6.18. The summed E-state index contributed by atoms with van der Waals surface area (Å²) in [6.45, 7) is 8.17. The Morgan fingerprint density at radius 1 is 0.900 bits per heavy atom. The number of ether oxygens (including phenoxy) is 1. The van der Waals surface area contributed by atoms with Crippen molar-refractivity contribution in [2.24, 2.45) is 0 Å². The summed E-state index contributed by atoms with van der Waals surface area (Å²) in [5.41, 5.74) is 6.24. The third kappa shape index (κ3) is 4.56. The van der Waals surface area contributed by atoms with Gasteiger partial charge in [-0.05, 0) is 60.2 Å². The predicted molar refractivity (Wildman–Crippen MR) is 124 cm³/mol. The molecule has 0 aliphatic heterocycles. The van der Waals surface area contributed by atoms with Crippen molar-refractivity contribution in [2.45, 2.75) is 46.1 Å². The number of aromatic nitrogens is 2. The quantitative estimate of drug-likeness (QED) is 0.316. The summed E-state index contributed by atoms with van der Waals surface area (Å²) in [6, 6.07) is 25.4. The lowest BCUT2D eigenvalue weighted by Gasteiger charge is -2.12. The summed E-state index contributed by atoms with van der Waals surface area (Å²) in [6.07, 6.45) is 1.78. The van der Waals surface area contributed by atoms with Gasteiger partial charge in [0.15, 0.2) is 0 Å². The molecule has 1 heterocycles. The van der Waals surface area contributed by atoms with Crippen LogP contribution in [0.3, 0.4) is 0 Å². The molecule has 0 bridgehead atoms. The second kappa shape index (κ2) is 9.17. The van der Waals surface area contributed by atoms with Crippen molar-refractivity contribution >= 4 is 11.0 Å². The molecule has 0 saturated carbocycles. The van der Waals surface area contributed by atoms with Crippen LogP contribution in [0.15, 0.2) is 72.8 Å². The van der Waals surface area contributed by atoms with Gasteiger partial charge in [-0.25, -0.2) is 4.98 Å². The molecule has 30 heavy (non-hydrogen) atoms. The maximum Gasteiger partial charge on any atom is 0.119 e. The van der Waals surface area contributed by atoms with E-state index in [0.29, 0.717) is 12.5 Å². The van der Waals surface area contributed by atoms with Crippen LogP contribution in [0.1, 0.15) is 48.7 Å². The van der Waals surface area contributed by atoms with Gasteiger partial charge in [0.05, 0.1) is 17.6 Å². The number of hydrogen-bond acceptors (Lipinski definition) is 2. The van der Waals surface area contributed by atoms with Gasteiger partial charge in [-0.1, -0.05) is 62.4 Å². The minimum absolute atomic E-state index is 0.542. The molecule has 0 aliphatic rings. The Morgan fingerprint density at radius 2 is 1.63 bits per heavy atom. The SMILES string of the molecule is Cc1ccccc1Cc1nc2ccccc2n1CCCOc1ccc(C(C)C)cc1. The van der Waals surface area contributed by atoms with Crippen molar-refractivity contribution in [1.29, 1.82) is 0 Å². The molecule has 3 aromatic carbocycles. The minimum Gasteiger partial charge on any atom is -0.494 e. The van der Waals surface area contributed by atoms with Crippen LogP contribution in [0.4, 0.5) is 0 Å². The first-order valence-corrected chi connectivity index (χ1v) is 10.8. The molecule has 1 aromatic heterocycles. The van der Waals surface area contributed by atoms with E-state index in [9.17, 15) is 0 Å². The Labute approximate surface area is 179 Å². The van der Waals surface area contributed by atoms with Crippen LogP contribution in [0, 0.1) is 6.92 Å². The van der Waals surface area contributed by atoms with E-state index in [1.165, 1.54) is 22.2 Å². The van der Waals surface area contributed by atoms with E-state index in [4.69, 9.17) is 9.72 Å². The van der Waals surface area contributed by atoms with Gasteiger partial charge in [-0.3, -0.25) is 0 Å². The average Bonchev–Trinajstić information content (AvgIpc) is 3.10. The molecule has 0 spiro atoms. The summed E-state index contributed by atoms with van der Waals surface area (Å²) in [5, 5.41) is 0. The second-order valence-electron chi connectivity index (χ2n) is 8.20. The van der Waals surface area contributed by atoms with E-state index in [0.717, 1.165) is 36.5 Å². The number of aryl methyl sites for hydroxylation is 2. The molecule has 4 rings (SSSR count). The molecular weight excluding hydrogens is 368 g/mol. The molecule has 3 heteroatoms. The van der Waals surface area contributed by atoms with Crippen LogP contribution < -0.4 is 4.74 Å². The lowest BCUT2D eigenvalue weighted by molar-refractivity contribution is 0.302. The van der Waals surface area contributed by atoms with Gasteiger partial charge < -0.3 is 9.30 Å². The first-order chi connectivity index (χ1) is 14.6. The van der Waals surface area contributed by atoms with E-state index in [1.807, 2.05) is 0 Å². The molecule has 0 aliphatic carbocycles. The monoisotopic (exact) mass is 398 g/mol. The number of nitrogens with zero attached hydrogens (tertiary/aromatic N) is 2. The summed E-state index contributed by atoms with van der Waals surface area (Å²) in [5.74, 6) is 2.60. The van der Waals surface area contributed by atoms with Crippen LogP contribution in [-0.2, 0) is 13.0 Å². The number of fused-ring (bicyclic) bond motifs is 1. The Hall–Kier alpha value is -3.07. The summed E-state index contributed by atoms with van der Waals surface area (Å²) >= 11 is 0. The van der Waals surface area contributed by atoms with Crippen LogP contribution in [0.25, 0.3) is 11.0 Å². The molecule has 0 atom stereocenters. The Morgan fingerprint density at radius 3 is 2.40 bits per heavy atom. The van der Waals surface area contributed by atoms with Crippen molar-refractivity contribution in [2.75, 3.05) is 6.61 Å². The zero-order chi connectivity index (χ0) is 20.9. The largest absolute Gasteiger partial charge is 0.494 e. The number of hydrogen-bond donors (Lipinski definition) is 0. The zero-order valence-corrected chi connectivity index (χ0v) is 18.1. The predicted octanol–water partition coefficient (Wildman–Crippen LogP) is 6.53. The van der Waals surface area contributed by atoms with E-state index in [1.54, 1.807) is 0 Å². The van der Waals surface area contributed by atoms with Crippen LogP contribution in [-0.4, -0.2) is 16.2 Å². The van der Waals surface area contributed by atoms with Crippen molar-refractivity contribution in [3.05, 3.63) is 95.3 Å². The summed E-state index contributed by atoms with van der Waals surface area (Å²) < 4.78 is 8.35. The van der Waals surface area contributed by atoms with Crippen molar-refractivity contribution in [1.82, 2.24) is 9.55 Å². The minimum atomic E-state index is 0.542. The van der Waals surface area contributed by atoms with Gasteiger partial charge in [-0.2, -0.15) is 0 Å². The van der Waals surface area contributed by atoms with E-state index >= 15 is 0 Å². The highest BCUT2D eigenvalue weighted by atomic mass is 16.5. The second-order valence-corrected chi connectivity index (χ2v) is 8.20. The smallest absolute Gasteiger partial charge is 0.119 e. The highest BCUT2D eigenvalue weighted by Gasteiger charge is 2.12. The third-order valence-electron chi connectivity index (χ3n) is 5.68. The van der Waals surface area contributed by atoms with Crippen LogP contribution >= 0.6 is 0 Å². The van der Waals surface area contributed by atoms with Gasteiger partial charge in [0.2, 0.25) is 0 Å². The van der Waals surface area contributed by atoms with Gasteiger partial charge >= 0.3 is 0 Å². The maximum atomic E-state index is 5.99. The summed E-state index contributed by atoms with van der Waals surface area (Å²) in [4.78, 5) is 4.93. The molecule has 154 valence electrons. The number of para-hydroxylation sites is 2. The van der Waals surface area contributed by atoms with Crippen LogP contribution in [0.5, 0.6) is 5.75 Å². The van der Waals surface area contributed by atoms with Gasteiger partial charge in [0, 0.05) is 13.0 Å². The van der Waals surface area contributed by atoms with Crippen LogP contribution in [0.2, 0.25) is 0 Å². The molecule has 0 radical (unpaired) electrons. The fraction of sp³-hybridized carbons (Fsp3) is 0.296. The van der Waals surface area contributed by atoms with Crippen molar-refractivity contribution in [3.63, 3.8) is 0 Å².